The molecular formula is C19H24BrNO2S. The lowest BCUT2D eigenvalue weighted by molar-refractivity contribution is -0.123. The fourth-order valence-corrected chi connectivity index (χ4v) is 7.91. The van der Waals surface area contributed by atoms with E-state index in [-0.39, 0.29) is 15.6 Å². The number of hydrogen-bond donors (Lipinski definition) is 1. The molecule has 5 rings (SSSR count). The van der Waals surface area contributed by atoms with Crippen LogP contribution >= 0.6 is 15.9 Å². The molecule has 0 saturated heterocycles. The largest absolute Gasteiger partial charge is 0.326 e. The van der Waals surface area contributed by atoms with Crippen LogP contribution in [0.25, 0.3) is 0 Å². The van der Waals surface area contributed by atoms with Crippen molar-refractivity contribution in [3.63, 3.8) is 0 Å². The van der Waals surface area contributed by atoms with E-state index in [1.54, 1.807) is 6.26 Å². The van der Waals surface area contributed by atoms with Crippen molar-refractivity contribution in [3.05, 3.63) is 24.3 Å². The molecule has 4 aliphatic rings. The van der Waals surface area contributed by atoms with Gasteiger partial charge in [0.15, 0.2) is 0 Å². The van der Waals surface area contributed by atoms with E-state index in [1.165, 1.54) is 32.1 Å². The van der Waals surface area contributed by atoms with Crippen LogP contribution in [0.5, 0.6) is 0 Å². The number of rotatable bonds is 4. The van der Waals surface area contributed by atoms with Crippen molar-refractivity contribution >= 4 is 38.3 Å². The molecule has 1 N–H and O–H groups in total. The molecule has 1 amide bonds. The summed E-state index contributed by atoms with van der Waals surface area (Å²) in [6.45, 7) is 0. The van der Waals surface area contributed by atoms with Crippen LogP contribution < -0.4 is 5.32 Å². The minimum Gasteiger partial charge on any atom is -0.326 e. The maximum absolute atomic E-state index is 12.7. The quantitative estimate of drug-likeness (QED) is 0.744. The molecule has 130 valence electrons. The number of anilines is 1. The van der Waals surface area contributed by atoms with Gasteiger partial charge in [-0.1, -0.05) is 22.0 Å². The van der Waals surface area contributed by atoms with Gasteiger partial charge in [-0.05, 0) is 74.0 Å². The first-order chi connectivity index (χ1) is 11.3. The first kappa shape index (κ1) is 16.8. The summed E-state index contributed by atoms with van der Waals surface area (Å²) in [5.74, 6) is 1.70. The van der Waals surface area contributed by atoms with E-state index in [2.05, 4.69) is 21.2 Å². The summed E-state index contributed by atoms with van der Waals surface area (Å²) in [6, 6.07) is 7.38. The van der Waals surface area contributed by atoms with Crippen molar-refractivity contribution in [2.24, 2.45) is 17.3 Å². The highest BCUT2D eigenvalue weighted by molar-refractivity contribution is 9.10. The summed E-state index contributed by atoms with van der Waals surface area (Å²) in [4.78, 5) is 13.4. The van der Waals surface area contributed by atoms with Crippen LogP contribution in [0.15, 0.2) is 29.2 Å². The third kappa shape index (κ3) is 3.22. The topological polar surface area (TPSA) is 46.2 Å². The Kier molecular flexibility index (Phi) is 4.15. The molecular weight excluding hydrogens is 386 g/mol. The van der Waals surface area contributed by atoms with Gasteiger partial charge in [0.2, 0.25) is 5.91 Å². The minimum absolute atomic E-state index is 0.104. The number of amides is 1. The van der Waals surface area contributed by atoms with Crippen molar-refractivity contribution in [1.82, 2.24) is 0 Å². The molecule has 1 aromatic carbocycles. The zero-order valence-electron chi connectivity index (χ0n) is 14.0. The molecule has 4 aliphatic carbocycles. The molecule has 3 unspecified atom stereocenters. The van der Waals surface area contributed by atoms with Crippen LogP contribution in [0.2, 0.25) is 0 Å². The summed E-state index contributed by atoms with van der Waals surface area (Å²) in [5, 5.41) is 3.04. The molecule has 4 bridgehead atoms. The van der Waals surface area contributed by atoms with Gasteiger partial charge in [-0.25, -0.2) is 0 Å². The van der Waals surface area contributed by atoms with E-state index in [9.17, 15) is 9.00 Å². The Hall–Kier alpha value is -0.680. The molecule has 1 aromatic rings. The normalized spacial score (nSPS) is 38.1. The summed E-state index contributed by atoms with van der Waals surface area (Å²) in [6.07, 6.45) is 9.78. The first-order valence-electron chi connectivity index (χ1n) is 8.77. The molecule has 3 nitrogen and oxygen atoms in total. The van der Waals surface area contributed by atoms with Crippen molar-refractivity contribution in [3.8, 4) is 0 Å². The highest BCUT2D eigenvalue weighted by atomic mass is 79.9. The number of benzene rings is 1. The van der Waals surface area contributed by atoms with Gasteiger partial charge in [-0.3, -0.25) is 9.00 Å². The lowest BCUT2D eigenvalue weighted by Crippen LogP contribution is -2.53. The third-order valence-electron chi connectivity index (χ3n) is 6.10. The number of halogens is 1. The Bertz CT molecular complexity index is 690. The second kappa shape index (κ2) is 5.94. The first-order valence-corrected chi connectivity index (χ1v) is 11.1. The number of carbonyl (C=O) groups is 1. The van der Waals surface area contributed by atoms with E-state index in [0.717, 1.165) is 28.8 Å². The number of hydrogen-bond acceptors (Lipinski definition) is 2. The smallest absolute Gasteiger partial charge is 0.224 e. The van der Waals surface area contributed by atoms with Gasteiger partial charge < -0.3 is 5.32 Å². The van der Waals surface area contributed by atoms with Crippen LogP contribution in [0.3, 0.4) is 0 Å². The lowest BCUT2D eigenvalue weighted by atomic mass is 9.48. The van der Waals surface area contributed by atoms with Gasteiger partial charge in [-0.15, -0.1) is 0 Å². The van der Waals surface area contributed by atoms with Gasteiger partial charge in [-0.2, -0.15) is 0 Å². The van der Waals surface area contributed by atoms with E-state index < -0.39 is 10.8 Å². The van der Waals surface area contributed by atoms with Crippen LogP contribution in [-0.4, -0.2) is 20.7 Å². The summed E-state index contributed by atoms with van der Waals surface area (Å²) < 4.78 is 11.9. The summed E-state index contributed by atoms with van der Waals surface area (Å²) >= 11 is 4.01. The molecule has 3 atom stereocenters. The average molecular weight is 410 g/mol. The van der Waals surface area contributed by atoms with E-state index in [4.69, 9.17) is 0 Å². The van der Waals surface area contributed by atoms with Crippen LogP contribution in [0.1, 0.15) is 44.9 Å². The molecule has 0 aliphatic heterocycles. The molecule has 0 spiro atoms. The average Bonchev–Trinajstić information content (AvgIpc) is 2.43. The summed E-state index contributed by atoms with van der Waals surface area (Å²) in [5.41, 5.74) is 0.939. The molecule has 0 aromatic heterocycles. The van der Waals surface area contributed by atoms with Gasteiger partial charge in [0.1, 0.15) is 0 Å². The van der Waals surface area contributed by atoms with E-state index in [0.29, 0.717) is 6.42 Å². The SMILES string of the molecule is CS(=O)c1cccc(NC(=O)CC23CC4CC(CC(Br)(C4)C2)C3)c1. The van der Waals surface area contributed by atoms with Gasteiger partial charge in [0.25, 0.3) is 0 Å². The van der Waals surface area contributed by atoms with Gasteiger partial charge in [0.05, 0.1) is 0 Å². The van der Waals surface area contributed by atoms with Crippen molar-refractivity contribution < 1.29 is 9.00 Å². The fourth-order valence-electron chi connectivity index (χ4n) is 5.84. The predicted molar refractivity (Wildman–Crippen MR) is 101 cm³/mol. The van der Waals surface area contributed by atoms with Crippen molar-refractivity contribution in [1.29, 1.82) is 0 Å². The highest BCUT2D eigenvalue weighted by Gasteiger charge is 2.57. The maximum Gasteiger partial charge on any atom is 0.224 e. The lowest BCUT2D eigenvalue weighted by Gasteiger charge is -2.60. The standard InChI is InChI=1S/C19H24BrNO2S/c1-24(23)16-4-2-3-15(6-16)21-17(22)11-18-7-13-5-14(8-18)10-19(20,9-13)12-18/h2-4,6,13-14H,5,7-12H2,1H3,(H,21,22). The Morgan fingerprint density at radius 2 is 2.00 bits per heavy atom. The highest BCUT2D eigenvalue weighted by Crippen LogP contribution is 2.65. The van der Waals surface area contributed by atoms with Crippen LogP contribution in [0.4, 0.5) is 5.69 Å². The number of carbonyl (C=O) groups excluding carboxylic acids is 1. The predicted octanol–water partition coefficient (Wildman–Crippen LogP) is 4.49. The monoisotopic (exact) mass is 409 g/mol. The van der Waals surface area contributed by atoms with Gasteiger partial charge >= 0.3 is 0 Å². The van der Waals surface area contributed by atoms with Crippen molar-refractivity contribution in [2.45, 2.75) is 54.2 Å². The third-order valence-corrected chi connectivity index (χ3v) is 7.94. The Morgan fingerprint density at radius 1 is 1.29 bits per heavy atom. The zero-order chi connectivity index (χ0) is 16.9. The molecule has 4 fully saturated rings. The fraction of sp³-hybridized carbons (Fsp3) is 0.632. The van der Waals surface area contributed by atoms with E-state index >= 15 is 0 Å². The van der Waals surface area contributed by atoms with Gasteiger partial charge in [0, 0.05) is 38.4 Å². The Labute approximate surface area is 154 Å². The second-order valence-electron chi connectivity index (χ2n) is 8.32. The zero-order valence-corrected chi connectivity index (χ0v) is 16.4. The minimum atomic E-state index is -1.03. The van der Waals surface area contributed by atoms with Crippen LogP contribution in [0, 0.1) is 17.3 Å². The molecule has 0 radical (unpaired) electrons. The Balaban J connectivity index is 1.47. The number of alkyl halides is 1. The summed E-state index contributed by atoms with van der Waals surface area (Å²) in [7, 11) is -1.03. The van der Waals surface area contributed by atoms with Crippen LogP contribution in [-0.2, 0) is 15.6 Å². The molecule has 4 saturated carbocycles. The number of nitrogens with one attached hydrogen (secondary N) is 1. The second-order valence-corrected chi connectivity index (χ2v) is 11.4. The molecule has 5 heteroatoms. The molecule has 0 heterocycles. The molecule has 24 heavy (non-hydrogen) atoms. The maximum atomic E-state index is 12.7. The van der Waals surface area contributed by atoms with Crippen molar-refractivity contribution in [2.75, 3.05) is 11.6 Å². The van der Waals surface area contributed by atoms with E-state index in [1.807, 2.05) is 24.3 Å². The Morgan fingerprint density at radius 3 is 2.62 bits per heavy atom.